The van der Waals surface area contributed by atoms with E-state index >= 15 is 0 Å². The van der Waals surface area contributed by atoms with E-state index in [1.54, 1.807) is 18.9 Å². The molecule has 10 heteroatoms. The minimum Gasteiger partial charge on any atom is -0.351 e. The van der Waals surface area contributed by atoms with E-state index in [2.05, 4.69) is 55.3 Å². The predicted molar refractivity (Wildman–Crippen MR) is 133 cm³/mol. The van der Waals surface area contributed by atoms with Crippen LogP contribution in [0.25, 0.3) is 0 Å². The smallest absolute Gasteiger partial charge is 0.221 e. The first-order valence-corrected chi connectivity index (χ1v) is 11.3. The zero-order chi connectivity index (χ0) is 23.8. The fraction of sp³-hybridized carbons (Fsp3) is 0.208. The van der Waals surface area contributed by atoms with Gasteiger partial charge >= 0.3 is 0 Å². The molecule has 1 amide bonds. The van der Waals surface area contributed by atoms with Crippen molar-refractivity contribution in [3.63, 3.8) is 0 Å². The topological polar surface area (TPSA) is 92.9 Å². The Morgan fingerprint density at radius 1 is 1.09 bits per heavy atom. The molecule has 34 heavy (non-hydrogen) atoms. The maximum Gasteiger partial charge on any atom is 0.221 e. The van der Waals surface area contributed by atoms with Gasteiger partial charge in [-0.05, 0) is 68.5 Å². The summed E-state index contributed by atoms with van der Waals surface area (Å²) in [6.07, 6.45) is 5.15. The Kier molecular flexibility index (Phi) is 5.58. The molecule has 1 saturated heterocycles. The molecule has 0 spiro atoms. The number of hydrogen-bond acceptors (Lipinski definition) is 5. The molecule has 2 unspecified atom stereocenters. The second-order valence-electron chi connectivity index (χ2n) is 8.20. The lowest BCUT2D eigenvalue weighted by atomic mass is 9.96. The lowest BCUT2D eigenvalue weighted by Crippen LogP contribution is -2.29. The number of rotatable bonds is 5. The van der Waals surface area contributed by atoms with E-state index in [0.29, 0.717) is 5.11 Å². The Labute approximate surface area is 202 Å². The number of nitrogens with zero attached hydrogens (tertiary/aromatic N) is 6. The molecule has 1 aromatic carbocycles. The van der Waals surface area contributed by atoms with Crippen LogP contribution in [0.3, 0.4) is 0 Å². The third-order valence-electron chi connectivity index (χ3n) is 5.95. The first-order valence-electron chi connectivity index (χ1n) is 10.9. The number of amides is 1. The number of benzene rings is 1. The van der Waals surface area contributed by atoms with Crippen molar-refractivity contribution < 1.29 is 4.79 Å². The van der Waals surface area contributed by atoms with Crippen molar-refractivity contribution in [3.05, 3.63) is 90.0 Å². The van der Waals surface area contributed by atoms with Crippen molar-refractivity contribution >= 4 is 34.6 Å². The largest absolute Gasteiger partial charge is 0.351 e. The summed E-state index contributed by atoms with van der Waals surface area (Å²) < 4.78 is 3.93. The fourth-order valence-corrected chi connectivity index (χ4v) is 4.93. The molecule has 4 aromatic rings. The third kappa shape index (κ3) is 3.81. The van der Waals surface area contributed by atoms with Crippen LogP contribution in [0.5, 0.6) is 0 Å². The standard InChI is InChI=1S/C24H24N8OS/c1-15-12-20(16(2)32(15)30-13-26-27-14-30)23-22(21-6-4-5-11-25-21)29-24(34)31(23)19-9-7-18(8-10-19)28-17(3)33/h4-14,22-23H,1-3H3,(H,28,33)(H,29,34). The first kappa shape index (κ1) is 21.8. The molecule has 2 N–H and O–H groups in total. The zero-order valence-electron chi connectivity index (χ0n) is 19.0. The Balaban J connectivity index is 1.62. The Morgan fingerprint density at radius 2 is 1.82 bits per heavy atom. The van der Waals surface area contributed by atoms with E-state index in [1.165, 1.54) is 6.92 Å². The molecule has 0 bridgehead atoms. The minimum atomic E-state index is -0.154. The lowest BCUT2D eigenvalue weighted by Gasteiger charge is -2.28. The van der Waals surface area contributed by atoms with Gasteiger partial charge in [0.2, 0.25) is 5.91 Å². The number of aryl methyl sites for hydroxylation is 1. The lowest BCUT2D eigenvalue weighted by molar-refractivity contribution is -0.114. The number of carbonyl (C=O) groups is 1. The average molecular weight is 473 g/mol. The number of aromatic nitrogens is 5. The zero-order valence-corrected chi connectivity index (χ0v) is 19.8. The van der Waals surface area contributed by atoms with Crippen molar-refractivity contribution in [3.8, 4) is 0 Å². The van der Waals surface area contributed by atoms with Crippen molar-refractivity contribution in [2.45, 2.75) is 32.9 Å². The molecule has 172 valence electrons. The molecule has 0 aliphatic carbocycles. The highest BCUT2D eigenvalue weighted by Gasteiger charge is 2.42. The van der Waals surface area contributed by atoms with E-state index < -0.39 is 0 Å². The molecule has 0 saturated carbocycles. The molecular weight excluding hydrogens is 448 g/mol. The number of hydrogen-bond donors (Lipinski definition) is 2. The van der Waals surface area contributed by atoms with E-state index in [0.717, 1.165) is 34.0 Å². The number of thiocarbonyl (C=S) groups is 1. The Hall–Kier alpha value is -4.05. The molecule has 1 aliphatic rings. The maximum atomic E-state index is 11.4. The SMILES string of the molecule is CC(=O)Nc1ccc(N2C(=S)NC(c3ccccn3)C2c2cc(C)n(-n3cnnc3)c2C)cc1. The van der Waals surface area contributed by atoms with Crippen LogP contribution in [0, 0.1) is 13.8 Å². The van der Waals surface area contributed by atoms with Gasteiger partial charge in [-0.15, -0.1) is 10.2 Å². The number of anilines is 2. The van der Waals surface area contributed by atoms with Crippen LogP contribution < -0.4 is 15.5 Å². The van der Waals surface area contributed by atoms with Crippen LogP contribution in [0.1, 0.15) is 41.7 Å². The summed E-state index contributed by atoms with van der Waals surface area (Å²) in [6, 6.07) is 15.5. The monoisotopic (exact) mass is 472 g/mol. The number of nitrogens with one attached hydrogen (secondary N) is 2. The van der Waals surface area contributed by atoms with Crippen LogP contribution in [0.4, 0.5) is 11.4 Å². The van der Waals surface area contributed by atoms with E-state index in [9.17, 15) is 4.79 Å². The minimum absolute atomic E-state index is 0.111. The van der Waals surface area contributed by atoms with Crippen LogP contribution in [0.15, 0.2) is 67.4 Å². The summed E-state index contributed by atoms with van der Waals surface area (Å²) in [6.45, 7) is 5.63. The summed E-state index contributed by atoms with van der Waals surface area (Å²) in [5.41, 5.74) is 5.77. The molecule has 2 atom stereocenters. The Morgan fingerprint density at radius 3 is 2.47 bits per heavy atom. The van der Waals surface area contributed by atoms with E-state index in [-0.39, 0.29) is 18.0 Å². The van der Waals surface area contributed by atoms with Gasteiger partial charge in [0, 0.05) is 41.4 Å². The van der Waals surface area contributed by atoms with Gasteiger partial charge in [0.15, 0.2) is 5.11 Å². The highest BCUT2D eigenvalue weighted by molar-refractivity contribution is 7.80. The highest BCUT2D eigenvalue weighted by atomic mass is 32.1. The van der Waals surface area contributed by atoms with Gasteiger partial charge in [-0.25, -0.2) is 4.68 Å². The molecular formula is C24H24N8OS. The van der Waals surface area contributed by atoms with Gasteiger partial charge in [-0.2, -0.15) is 0 Å². The summed E-state index contributed by atoms with van der Waals surface area (Å²) in [5.74, 6) is -0.111. The second kappa shape index (κ2) is 8.71. The molecule has 4 heterocycles. The fourth-order valence-electron chi connectivity index (χ4n) is 4.59. The van der Waals surface area contributed by atoms with Crippen molar-refractivity contribution in [2.24, 2.45) is 0 Å². The summed E-state index contributed by atoms with van der Waals surface area (Å²) in [4.78, 5) is 18.2. The van der Waals surface area contributed by atoms with Crippen molar-refractivity contribution in [1.82, 2.24) is 29.9 Å². The molecule has 9 nitrogen and oxygen atoms in total. The molecule has 0 radical (unpaired) electrons. The highest BCUT2D eigenvalue weighted by Crippen LogP contribution is 2.43. The summed E-state index contributed by atoms with van der Waals surface area (Å²) >= 11 is 5.83. The van der Waals surface area contributed by atoms with Gasteiger partial charge in [0.25, 0.3) is 0 Å². The Bertz CT molecular complexity index is 1330. The van der Waals surface area contributed by atoms with Crippen molar-refractivity contribution in [2.75, 3.05) is 10.2 Å². The van der Waals surface area contributed by atoms with E-state index in [1.807, 2.05) is 47.1 Å². The second-order valence-corrected chi connectivity index (χ2v) is 8.59. The third-order valence-corrected chi connectivity index (χ3v) is 6.27. The van der Waals surface area contributed by atoms with E-state index in [4.69, 9.17) is 12.2 Å². The normalized spacial score (nSPS) is 17.6. The average Bonchev–Trinajstić information content (AvgIpc) is 3.52. The van der Waals surface area contributed by atoms with Gasteiger partial charge < -0.3 is 15.5 Å². The molecule has 1 aliphatic heterocycles. The first-order chi connectivity index (χ1) is 16.4. The molecule has 1 fully saturated rings. The van der Waals surface area contributed by atoms with Gasteiger partial charge in [0.05, 0.1) is 17.8 Å². The van der Waals surface area contributed by atoms with Crippen LogP contribution >= 0.6 is 12.2 Å². The van der Waals surface area contributed by atoms with Gasteiger partial charge in [-0.3, -0.25) is 14.5 Å². The predicted octanol–water partition coefficient (Wildman–Crippen LogP) is 3.54. The summed E-state index contributed by atoms with van der Waals surface area (Å²) in [7, 11) is 0. The van der Waals surface area contributed by atoms with Gasteiger partial charge in [0.1, 0.15) is 12.7 Å². The number of carbonyl (C=O) groups excluding carboxylic acids is 1. The van der Waals surface area contributed by atoms with Crippen LogP contribution in [0.2, 0.25) is 0 Å². The maximum absolute atomic E-state index is 11.4. The van der Waals surface area contributed by atoms with Crippen molar-refractivity contribution in [1.29, 1.82) is 0 Å². The van der Waals surface area contributed by atoms with Gasteiger partial charge in [-0.1, -0.05) is 6.07 Å². The number of pyridine rings is 1. The van der Waals surface area contributed by atoms with Crippen LogP contribution in [-0.2, 0) is 4.79 Å². The molecule has 5 rings (SSSR count). The van der Waals surface area contributed by atoms with Crippen LogP contribution in [-0.4, -0.2) is 35.6 Å². The summed E-state index contributed by atoms with van der Waals surface area (Å²) in [5, 5.41) is 14.8. The quantitative estimate of drug-likeness (QED) is 0.429. The molecule has 3 aromatic heterocycles.